The van der Waals surface area contributed by atoms with E-state index in [1.807, 2.05) is 6.07 Å². The Morgan fingerprint density at radius 1 is 1.48 bits per heavy atom. The summed E-state index contributed by atoms with van der Waals surface area (Å²) in [6.45, 7) is 0.0618. The van der Waals surface area contributed by atoms with Crippen LogP contribution in [0.15, 0.2) is 24.3 Å². The van der Waals surface area contributed by atoms with Gasteiger partial charge in [0.15, 0.2) is 0 Å². The lowest BCUT2D eigenvalue weighted by Crippen LogP contribution is -2.35. The van der Waals surface area contributed by atoms with Crippen molar-refractivity contribution in [3.63, 3.8) is 0 Å². The minimum absolute atomic E-state index is 0.0618. The van der Waals surface area contributed by atoms with Crippen LogP contribution in [0.25, 0.3) is 0 Å². The first-order valence-corrected chi connectivity index (χ1v) is 8.52. The van der Waals surface area contributed by atoms with Crippen molar-refractivity contribution in [2.75, 3.05) is 17.1 Å². The Bertz CT molecular complexity index is 675. The smallest absolute Gasteiger partial charge is 0.232 e. The van der Waals surface area contributed by atoms with Crippen molar-refractivity contribution in [3.8, 4) is 6.07 Å². The fourth-order valence-corrected chi connectivity index (χ4v) is 2.87. The molecule has 6 nitrogen and oxygen atoms in total. The largest absolute Gasteiger partial charge is 0.353 e. The summed E-state index contributed by atoms with van der Waals surface area (Å²) in [5.41, 5.74) is 0.777. The molecule has 1 aliphatic carbocycles. The summed E-state index contributed by atoms with van der Waals surface area (Å²) < 4.78 is 24.9. The molecular formula is C14H17N3O3S. The molecule has 0 spiro atoms. The van der Waals surface area contributed by atoms with Crippen LogP contribution in [0.4, 0.5) is 5.69 Å². The number of nitrogens with zero attached hydrogens (tertiary/aromatic N) is 2. The first-order valence-electron chi connectivity index (χ1n) is 6.67. The van der Waals surface area contributed by atoms with Gasteiger partial charge >= 0.3 is 0 Å². The fraction of sp³-hybridized carbons (Fsp3) is 0.429. The van der Waals surface area contributed by atoms with E-state index in [0.717, 1.165) is 23.4 Å². The first-order chi connectivity index (χ1) is 9.90. The van der Waals surface area contributed by atoms with Gasteiger partial charge in [-0.15, -0.1) is 0 Å². The van der Waals surface area contributed by atoms with E-state index >= 15 is 0 Å². The summed E-state index contributed by atoms with van der Waals surface area (Å²) in [7, 11) is -3.51. The van der Waals surface area contributed by atoms with E-state index < -0.39 is 10.0 Å². The zero-order chi connectivity index (χ0) is 15.5. The predicted octanol–water partition coefficient (Wildman–Crippen LogP) is 0.993. The quantitative estimate of drug-likeness (QED) is 0.848. The Morgan fingerprint density at radius 2 is 2.19 bits per heavy atom. The molecule has 0 aromatic heterocycles. The molecule has 0 saturated heterocycles. The predicted molar refractivity (Wildman–Crippen MR) is 79.1 cm³/mol. The Hall–Kier alpha value is -2.07. The highest BCUT2D eigenvalue weighted by Gasteiger charge is 2.24. The van der Waals surface area contributed by atoms with Crippen LogP contribution in [0.5, 0.6) is 0 Å². The molecule has 0 unspecified atom stereocenters. The zero-order valence-corrected chi connectivity index (χ0v) is 12.6. The second-order valence-electron chi connectivity index (χ2n) is 5.09. The van der Waals surface area contributed by atoms with Crippen LogP contribution in [0, 0.1) is 11.3 Å². The van der Waals surface area contributed by atoms with Gasteiger partial charge in [0, 0.05) is 19.0 Å². The number of anilines is 1. The standard InChI is InChI=1S/C14H17N3O3S/c1-21(19,20)17(8-7-14(18)16-12-5-6-12)13-4-2-3-11(9-13)10-15/h2-4,9,12H,5-8H2,1H3,(H,16,18). The van der Waals surface area contributed by atoms with Crippen LogP contribution in [0.2, 0.25) is 0 Å². The minimum Gasteiger partial charge on any atom is -0.353 e. The lowest BCUT2D eigenvalue weighted by molar-refractivity contribution is -0.121. The highest BCUT2D eigenvalue weighted by atomic mass is 32.2. The number of rotatable bonds is 6. The summed E-state index contributed by atoms with van der Waals surface area (Å²) >= 11 is 0. The zero-order valence-electron chi connectivity index (χ0n) is 11.7. The Morgan fingerprint density at radius 3 is 2.76 bits per heavy atom. The summed E-state index contributed by atoms with van der Waals surface area (Å²) in [5.74, 6) is -0.150. The molecule has 7 heteroatoms. The minimum atomic E-state index is -3.51. The average molecular weight is 307 g/mol. The summed E-state index contributed by atoms with van der Waals surface area (Å²) in [5, 5.41) is 11.7. The summed E-state index contributed by atoms with van der Waals surface area (Å²) in [6.07, 6.45) is 3.17. The highest BCUT2D eigenvalue weighted by molar-refractivity contribution is 7.92. The van der Waals surface area contributed by atoms with E-state index in [0.29, 0.717) is 11.3 Å². The maximum atomic E-state index is 11.9. The van der Waals surface area contributed by atoms with Crippen molar-refractivity contribution in [2.45, 2.75) is 25.3 Å². The van der Waals surface area contributed by atoms with Crippen molar-refractivity contribution in [3.05, 3.63) is 29.8 Å². The van der Waals surface area contributed by atoms with Crippen LogP contribution >= 0.6 is 0 Å². The van der Waals surface area contributed by atoms with E-state index in [1.54, 1.807) is 18.2 Å². The molecule has 21 heavy (non-hydrogen) atoms. The second-order valence-corrected chi connectivity index (χ2v) is 7.00. The van der Waals surface area contributed by atoms with Crippen LogP contribution in [-0.2, 0) is 14.8 Å². The number of nitriles is 1. The Labute approximate surface area is 124 Å². The van der Waals surface area contributed by atoms with Crippen molar-refractivity contribution in [2.24, 2.45) is 0 Å². The fourth-order valence-electron chi connectivity index (χ4n) is 1.95. The van der Waals surface area contributed by atoms with Gasteiger partial charge in [0.2, 0.25) is 15.9 Å². The van der Waals surface area contributed by atoms with Gasteiger partial charge in [-0.3, -0.25) is 9.10 Å². The molecule has 1 aromatic carbocycles. The SMILES string of the molecule is CS(=O)(=O)N(CCC(=O)NC1CC1)c1cccc(C#N)c1. The molecule has 2 rings (SSSR count). The lowest BCUT2D eigenvalue weighted by Gasteiger charge is -2.22. The molecule has 1 saturated carbocycles. The molecule has 1 N–H and O–H groups in total. The highest BCUT2D eigenvalue weighted by Crippen LogP contribution is 2.20. The van der Waals surface area contributed by atoms with Gasteiger partial charge in [-0.1, -0.05) is 6.07 Å². The molecule has 112 valence electrons. The van der Waals surface area contributed by atoms with Gasteiger partial charge < -0.3 is 5.32 Å². The molecular weight excluding hydrogens is 290 g/mol. The normalized spacial score (nSPS) is 14.3. The molecule has 1 fully saturated rings. The second kappa shape index (κ2) is 6.14. The number of hydrogen-bond acceptors (Lipinski definition) is 4. The molecule has 1 aliphatic rings. The van der Waals surface area contributed by atoms with Crippen molar-refractivity contribution < 1.29 is 13.2 Å². The third-order valence-corrected chi connectivity index (χ3v) is 4.34. The number of hydrogen-bond donors (Lipinski definition) is 1. The third-order valence-electron chi connectivity index (χ3n) is 3.15. The summed E-state index contributed by atoms with van der Waals surface area (Å²) in [4.78, 5) is 11.7. The molecule has 0 radical (unpaired) electrons. The average Bonchev–Trinajstić information content (AvgIpc) is 3.21. The number of nitrogens with one attached hydrogen (secondary N) is 1. The molecule has 0 aliphatic heterocycles. The topological polar surface area (TPSA) is 90.3 Å². The number of carbonyl (C=O) groups excluding carboxylic acids is 1. The van der Waals surface area contributed by atoms with Gasteiger partial charge in [0.05, 0.1) is 23.6 Å². The van der Waals surface area contributed by atoms with Gasteiger partial charge in [0.1, 0.15) is 0 Å². The van der Waals surface area contributed by atoms with Crippen molar-refractivity contribution in [1.82, 2.24) is 5.32 Å². The van der Waals surface area contributed by atoms with E-state index in [4.69, 9.17) is 5.26 Å². The van der Waals surface area contributed by atoms with Gasteiger partial charge in [-0.05, 0) is 31.0 Å². The Kier molecular flexibility index (Phi) is 4.48. The Balaban J connectivity index is 2.10. The van der Waals surface area contributed by atoms with E-state index in [9.17, 15) is 13.2 Å². The monoisotopic (exact) mass is 307 g/mol. The van der Waals surface area contributed by atoms with Crippen LogP contribution in [0.1, 0.15) is 24.8 Å². The number of carbonyl (C=O) groups is 1. The van der Waals surface area contributed by atoms with E-state index in [-0.39, 0.29) is 24.9 Å². The van der Waals surface area contributed by atoms with Gasteiger partial charge in [0.25, 0.3) is 0 Å². The van der Waals surface area contributed by atoms with Crippen LogP contribution in [-0.4, -0.2) is 33.2 Å². The molecule has 0 bridgehead atoms. The molecule has 0 atom stereocenters. The number of benzene rings is 1. The van der Waals surface area contributed by atoms with Crippen LogP contribution in [0.3, 0.4) is 0 Å². The van der Waals surface area contributed by atoms with E-state index in [2.05, 4.69) is 5.32 Å². The van der Waals surface area contributed by atoms with Gasteiger partial charge in [-0.25, -0.2) is 8.42 Å². The van der Waals surface area contributed by atoms with Crippen molar-refractivity contribution in [1.29, 1.82) is 5.26 Å². The van der Waals surface area contributed by atoms with Crippen LogP contribution < -0.4 is 9.62 Å². The molecule has 0 heterocycles. The molecule has 1 aromatic rings. The maximum Gasteiger partial charge on any atom is 0.232 e. The maximum absolute atomic E-state index is 11.9. The molecule has 1 amide bonds. The lowest BCUT2D eigenvalue weighted by atomic mass is 10.2. The number of sulfonamides is 1. The van der Waals surface area contributed by atoms with Gasteiger partial charge in [-0.2, -0.15) is 5.26 Å². The third kappa shape index (κ3) is 4.46. The van der Waals surface area contributed by atoms with E-state index in [1.165, 1.54) is 6.07 Å². The summed E-state index contributed by atoms with van der Waals surface area (Å²) in [6, 6.07) is 8.56. The number of amides is 1. The van der Waals surface area contributed by atoms with Crippen molar-refractivity contribution >= 4 is 21.6 Å². The first kappa shape index (κ1) is 15.3.